The topological polar surface area (TPSA) is 189 Å². The van der Waals surface area contributed by atoms with Crippen LogP contribution < -0.4 is 10.6 Å². The molecular formula is C49H66N2O11. The lowest BCUT2D eigenvalue weighted by molar-refractivity contribution is -0.276. The molecule has 0 amide bonds. The van der Waals surface area contributed by atoms with Crippen molar-refractivity contribution >= 4 is 17.7 Å². The van der Waals surface area contributed by atoms with E-state index in [4.69, 9.17) is 23.4 Å². The SMILES string of the molecule is CC1(C)O[C@H]2CC(=O)OC[C@@]23[C@@H]1C(=O)[C@@H](O)[C@]1([C@H]2CCC[C@@H](Cc4ccccc4)C2)[C@@H]3CC[C@@]2(C)[C@H](c3ccoc3C[C@H](CCCC[C@H]3CNCN3)[C@H](O)CO)OC(=O)[C@H]3O[C@@]312. The first-order valence-corrected chi connectivity index (χ1v) is 23.6. The summed E-state index contributed by atoms with van der Waals surface area (Å²) in [5.74, 6) is -1.95. The average molecular weight is 859 g/mol. The minimum Gasteiger partial charge on any atom is -0.469 e. The Hall–Kier alpha value is -3.17. The van der Waals surface area contributed by atoms with Gasteiger partial charge < -0.3 is 49.3 Å². The van der Waals surface area contributed by atoms with Crippen LogP contribution in [0, 0.1) is 45.8 Å². The van der Waals surface area contributed by atoms with E-state index in [1.54, 1.807) is 6.26 Å². The van der Waals surface area contributed by atoms with Crippen LogP contribution in [0.3, 0.4) is 0 Å². The Bertz CT molecular complexity index is 2020. The molecule has 5 saturated heterocycles. The Morgan fingerprint density at radius 3 is 2.58 bits per heavy atom. The summed E-state index contributed by atoms with van der Waals surface area (Å²) >= 11 is 0. The van der Waals surface area contributed by atoms with Crippen molar-refractivity contribution in [3.8, 4) is 0 Å². The third-order valence-corrected chi connectivity index (χ3v) is 17.8. The number of ether oxygens (including phenoxy) is 4. The molecule has 10 rings (SSSR count). The number of hydrogen-bond donors (Lipinski definition) is 5. The molecule has 0 radical (unpaired) electrons. The number of Topliss-reactive ketones (excluding diaryl/α,β-unsaturated/α-hetero) is 1. The molecule has 15 atom stereocenters. The van der Waals surface area contributed by atoms with Gasteiger partial charge in [0, 0.05) is 47.5 Å². The van der Waals surface area contributed by atoms with Gasteiger partial charge in [-0.25, -0.2) is 4.79 Å². The largest absolute Gasteiger partial charge is 0.469 e. The van der Waals surface area contributed by atoms with Crippen molar-refractivity contribution in [3.63, 3.8) is 0 Å². The minimum absolute atomic E-state index is 0.00941. The number of cyclic esters (lactones) is 2. The summed E-state index contributed by atoms with van der Waals surface area (Å²) in [6, 6.07) is 12.7. The Morgan fingerprint density at radius 1 is 0.984 bits per heavy atom. The number of aliphatic hydroxyl groups excluding tert-OH is 3. The van der Waals surface area contributed by atoms with Crippen molar-refractivity contribution in [3.05, 3.63) is 59.5 Å². The minimum atomic E-state index is -1.47. The van der Waals surface area contributed by atoms with Crippen LogP contribution in [0.15, 0.2) is 47.1 Å². The lowest BCUT2D eigenvalue weighted by atomic mass is 9.32. The molecule has 8 aliphatic rings. The quantitative estimate of drug-likeness (QED) is 0.106. The number of fused-ring (bicyclic) bond motifs is 1. The van der Waals surface area contributed by atoms with Gasteiger partial charge in [-0.2, -0.15) is 0 Å². The maximum absolute atomic E-state index is 15.5. The average Bonchev–Trinajstić information content (AvgIpc) is 3.49. The second-order valence-corrected chi connectivity index (χ2v) is 21.2. The van der Waals surface area contributed by atoms with Crippen LogP contribution in [-0.4, -0.2) is 101 Å². The van der Waals surface area contributed by atoms with E-state index >= 15 is 4.79 Å². The zero-order chi connectivity index (χ0) is 43.2. The number of carbonyl (C=O) groups excluding carboxylic acids is 3. The van der Waals surface area contributed by atoms with Crippen molar-refractivity contribution in [1.29, 1.82) is 0 Å². The highest BCUT2D eigenvalue weighted by Gasteiger charge is 2.92. The van der Waals surface area contributed by atoms with Gasteiger partial charge in [0.2, 0.25) is 0 Å². The van der Waals surface area contributed by atoms with Crippen molar-refractivity contribution < 1.29 is 53.1 Å². The van der Waals surface area contributed by atoms with Gasteiger partial charge in [-0.3, -0.25) is 9.59 Å². The fourth-order valence-electron chi connectivity index (χ4n) is 15.4. The summed E-state index contributed by atoms with van der Waals surface area (Å²) < 4.78 is 32.6. The summed E-state index contributed by atoms with van der Waals surface area (Å²) in [7, 11) is 0. The second-order valence-electron chi connectivity index (χ2n) is 21.2. The molecular weight excluding hydrogens is 793 g/mol. The Morgan fingerprint density at radius 2 is 1.81 bits per heavy atom. The molecule has 13 nitrogen and oxygen atoms in total. The highest BCUT2D eigenvalue weighted by Crippen LogP contribution is 2.82. The first-order chi connectivity index (χ1) is 29.8. The molecule has 3 aliphatic carbocycles. The van der Waals surface area contributed by atoms with Crippen LogP contribution in [0.1, 0.15) is 114 Å². The zero-order valence-corrected chi connectivity index (χ0v) is 36.5. The molecule has 3 saturated carbocycles. The predicted molar refractivity (Wildman–Crippen MR) is 224 cm³/mol. The van der Waals surface area contributed by atoms with Gasteiger partial charge in [0.25, 0.3) is 0 Å². The van der Waals surface area contributed by atoms with E-state index in [-0.39, 0.29) is 55.1 Å². The van der Waals surface area contributed by atoms with Crippen LogP contribution >= 0.6 is 0 Å². The van der Waals surface area contributed by atoms with Gasteiger partial charge in [-0.15, -0.1) is 0 Å². The number of carbonyl (C=O) groups is 3. The van der Waals surface area contributed by atoms with Crippen molar-refractivity contribution in [2.24, 2.45) is 45.8 Å². The third-order valence-electron chi connectivity index (χ3n) is 17.8. The molecule has 0 bridgehead atoms. The van der Waals surface area contributed by atoms with Crippen LogP contribution in [0.4, 0.5) is 0 Å². The number of furan rings is 1. The molecule has 8 fully saturated rings. The van der Waals surface area contributed by atoms with Crippen LogP contribution in [0.5, 0.6) is 0 Å². The summed E-state index contributed by atoms with van der Waals surface area (Å²) in [6.45, 7) is 7.29. The van der Waals surface area contributed by atoms with Gasteiger partial charge in [0.1, 0.15) is 30.2 Å². The molecule has 5 aliphatic heterocycles. The van der Waals surface area contributed by atoms with E-state index in [1.165, 1.54) is 5.56 Å². The number of ketones is 1. The van der Waals surface area contributed by atoms with E-state index in [2.05, 4.69) is 41.8 Å². The number of hydrogen-bond acceptors (Lipinski definition) is 13. The molecule has 1 aromatic heterocycles. The van der Waals surface area contributed by atoms with Gasteiger partial charge in [-0.05, 0) is 94.1 Å². The molecule has 2 spiro atoms. The molecule has 2 aromatic rings. The number of nitrogens with one attached hydrogen (secondary N) is 2. The van der Waals surface area contributed by atoms with Gasteiger partial charge >= 0.3 is 11.9 Å². The highest BCUT2D eigenvalue weighted by molar-refractivity contribution is 5.92. The normalized spacial score (nSPS) is 42.7. The number of rotatable bonds is 13. The lowest BCUT2D eigenvalue weighted by Crippen LogP contribution is -2.79. The van der Waals surface area contributed by atoms with E-state index in [0.717, 1.165) is 64.6 Å². The van der Waals surface area contributed by atoms with Crippen molar-refractivity contribution in [2.45, 2.75) is 152 Å². The fraction of sp³-hybridized carbons (Fsp3) is 0.735. The maximum Gasteiger partial charge on any atom is 0.339 e. The summed E-state index contributed by atoms with van der Waals surface area (Å²) in [5.41, 5.74) is -3.41. The van der Waals surface area contributed by atoms with Crippen LogP contribution in [0.25, 0.3) is 0 Å². The summed E-state index contributed by atoms with van der Waals surface area (Å²) in [5, 5.41) is 41.4. The van der Waals surface area contributed by atoms with E-state index in [0.29, 0.717) is 43.0 Å². The highest BCUT2D eigenvalue weighted by atomic mass is 16.7. The number of epoxide rings is 1. The third kappa shape index (κ3) is 6.21. The summed E-state index contributed by atoms with van der Waals surface area (Å²) in [4.78, 5) is 43.2. The second kappa shape index (κ2) is 15.8. The van der Waals surface area contributed by atoms with Crippen molar-refractivity contribution in [1.82, 2.24) is 10.6 Å². The van der Waals surface area contributed by atoms with E-state index in [9.17, 15) is 24.9 Å². The molecule has 1 aromatic carbocycles. The molecule has 62 heavy (non-hydrogen) atoms. The number of aliphatic hydroxyl groups is 3. The Kier molecular flexibility index (Phi) is 10.9. The monoisotopic (exact) mass is 858 g/mol. The Balaban J connectivity index is 1.05. The Labute approximate surface area is 364 Å². The standard InChI is InChI=1S/C49H66N2O11/c1-45(2)40-39(55)41(56)48(31-14-9-12-29(21-31)20-28-10-5-4-6-11-28)36(47(40)26-59-38(54)23-37(47)61-45)16-18-46(3)42(60-44(57)43-49(46,48)62-43)33-17-19-58-35(33)22-30(34(53)25-52)13-7-8-15-32-24-50-27-51-32/h4-6,10-11,17,19,29-32,34,36-37,40-43,50-53,56H,7-9,12-16,18,20-27H2,1-3H3/t29-,30-,31-,32-,34+,36+,37-,40+,41+,42-,43+,46-,47-,48-,49+/m0/s1. The van der Waals surface area contributed by atoms with Gasteiger partial charge in [0.15, 0.2) is 11.9 Å². The fourth-order valence-corrected chi connectivity index (χ4v) is 15.4. The van der Waals surface area contributed by atoms with Crippen LogP contribution in [0.2, 0.25) is 0 Å². The van der Waals surface area contributed by atoms with E-state index in [1.807, 2.05) is 26.0 Å². The molecule has 5 N–H and O–H groups in total. The van der Waals surface area contributed by atoms with E-state index < -0.39 is 69.9 Å². The predicted octanol–water partition coefficient (Wildman–Crippen LogP) is 4.73. The van der Waals surface area contributed by atoms with Gasteiger partial charge in [0.05, 0.1) is 43.0 Å². The lowest BCUT2D eigenvalue weighted by Gasteiger charge is -2.70. The molecule has 6 heterocycles. The number of benzene rings is 1. The number of esters is 2. The first kappa shape index (κ1) is 42.8. The first-order valence-electron chi connectivity index (χ1n) is 23.6. The molecule has 13 heteroatoms. The molecule has 338 valence electrons. The zero-order valence-electron chi connectivity index (χ0n) is 36.5. The summed E-state index contributed by atoms with van der Waals surface area (Å²) in [6.07, 6.45) is 5.98. The maximum atomic E-state index is 15.5. The van der Waals surface area contributed by atoms with Gasteiger partial charge in [-0.1, -0.05) is 62.9 Å². The smallest absolute Gasteiger partial charge is 0.339 e. The number of unbranched alkanes of at least 4 members (excludes halogenated alkanes) is 1. The molecule has 0 unspecified atom stereocenters. The van der Waals surface area contributed by atoms with Crippen LogP contribution in [-0.2, 0) is 46.2 Å². The van der Waals surface area contributed by atoms with Crippen molar-refractivity contribution in [2.75, 3.05) is 26.4 Å².